The SMILES string of the molecule is NCCCCNCCOC(c1ccc(F)cc1)c1ccc(F)cc1. The quantitative estimate of drug-likeness (QED) is 0.655. The fourth-order valence-electron chi connectivity index (χ4n) is 2.43. The van der Waals surface area contributed by atoms with E-state index in [9.17, 15) is 8.78 Å². The molecule has 0 aliphatic rings. The van der Waals surface area contributed by atoms with Crippen LogP contribution in [0.3, 0.4) is 0 Å². The van der Waals surface area contributed by atoms with E-state index >= 15 is 0 Å². The highest BCUT2D eigenvalue weighted by molar-refractivity contribution is 5.30. The fraction of sp³-hybridized carbons (Fsp3) is 0.368. The summed E-state index contributed by atoms with van der Waals surface area (Å²) in [6.07, 6.45) is 1.69. The maximum Gasteiger partial charge on any atom is 0.123 e. The molecule has 0 aliphatic carbocycles. The third-order valence-corrected chi connectivity index (χ3v) is 3.72. The van der Waals surface area contributed by atoms with Gasteiger partial charge >= 0.3 is 0 Å². The molecule has 2 aromatic rings. The highest BCUT2D eigenvalue weighted by atomic mass is 19.1. The standard InChI is InChI=1S/C19H24F2N2O/c20-17-7-3-15(4-8-17)19(16-5-9-18(21)10-6-16)24-14-13-23-12-2-1-11-22/h3-10,19,23H,1-2,11-14,22H2. The third kappa shape index (κ3) is 6.00. The van der Waals surface area contributed by atoms with Crippen LogP contribution in [0.4, 0.5) is 8.78 Å². The first-order valence-electron chi connectivity index (χ1n) is 8.24. The number of halogens is 2. The maximum atomic E-state index is 13.2. The van der Waals surface area contributed by atoms with Crippen LogP contribution in [0.15, 0.2) is 48.5 Å². The second-order valence-electron chi connectivity index (χ2n) is 5.60. The summed E-state index contributed by atoms with van der Waals surface area (Å²) >= 11 is 0. The summed E-state index contributed by atoms with van der Waals surface area (Å²) in [5.74, 6) is -0.587. The lowest BCUT2D eigenvalue weighted by molar-refractivity contribution is 0.0820. The van der Waals surface area contributed by atoms with Crippen molar-refractivity contribution in [3.05, 3.63) is 71.3 Å². The predicted molar refractivity (Wildman–Crippen MR) is 91.8 cm³/mol. The molecule has 0 spiro atoms. The molecule has 0 aliphatic heterocycles. The van der Waals surface area contributed by atoms with Gasteiger partial charge in [0.05, 0.1) is 6.61 Å². The smallest absolute Gasteiger partial charge is 0.123 e. The number of hydrogen-bond acceptors (Lipinski definition) is 3. The Kier molecular flexibility index (Phi) is 7.82. The number of benzene rings is 2. The molecule has 0 heterocycles. The van der Waals surface area contributed by atoms with E-state index < -0.39 is 0 Å². The molecule has 5 heteroatoms. The van der Waals surface area contributed by atoms with Crippen LogP contribution in [0.2, 0.25) is 0 Å². The monoisotopic (exact) mass is 334 g/mol. The molecule has 0 radical (unpaired) electrons. The normalized spacial score (nSPS) is 11.2. The van der Waals surface area contributed by atoms with Gasteiger partial charge < -0.3 is 15.8 Å². The summed E-state index contributed by atoms with van der Waals surface area (Å²) in [6.45, 7) is 2.82. The summed E-state index contributed by atoms with van der Waals surface area (Å²) in [4.78, 5) is 0. The minimum absolute atomic E-state index is 0.293. The number of unbranched alkanes of at least 4 members (excludes halogenated alkanes) is 1. The molecule has 2 rings (SSSR count). The van der Waals surface area contributed by atoms with Crippen LogP contribution in [-0.2, 0) is 4.74 Å². The van der Waals surface area contributed by atoms with Gasteiger partial charge in [0, 0.05) is 6.54 Å². The Hall–Kier alpha value is -1.82. The topological polar surface area (TPSA) is 47.3 Å². The van der Waals surface area contributed by atoms with Gasteiger partial charge in [-0.3, -0.25) is 0 Å². The average Bonchev–Trinajstić information content (AvgIpc) is 2.60. The molecular weight excluding hydrogens is 310 g/mol. The maximum absolute atomic E-state index is 13.2. The van der Waals surface area contributed by atoms with Crippen LogP contribution < -0.4 is 11.1 Å². The molecule has 3 nitrogen and oxygen atoms in total. The highest BCUT2D eigenvalue weighted by Gasteiger charge is 2.15. The van der Waals surface area contributed by atoms with E-state index in [-0.39, 0.29) is 17.7 Å². The summed E-state index contributed by atoms with van der Waals surface area (Å²) in [7, 11) is 0. The zero-order chi connectivity index (χ0) is 17.2. The third-order valence-electron chi connectivity index (χ3n) is 3.72. The second kappa shape index (κ2) is 10.1. The molecule has 0 saturated carbocycles. The molecule has 0 unspecified atom stereocenters. The number of nitrogens with one attached hydrogen (secondary N) is 1. The summed E-state index contributed by atoms with van der Waals surface area (Å²) < 4.78 is 32.3. The van der Waals surface area contributed by atoms with Gasteiger partial charge in [-0.2, -0.15) is 0 Å². The Balaban J connectivity index is 1.96. The Labute approximate surface area is 141 Å². The van der Waals surface area contributed by atoms with Crippen molar-refractivity contribution >= 4 is 0 Å². The van der Waals surface area contributed by atoms with Crippen LogP contribution in [-0.4, -0.2) is 26.2 Å². The molecule has 0 amide bonds. The Morgan fingerprint density at radius 2 is 1.38 bits per heavy atom. The molecule has 3 N–H and O–H groups in total. The molecule has 2 aromatic carbocycles. The predicted octanol–water partition coefficient (Wildman–Crippen LogP) is 3.40. The van der Waals surface area contributed by atoms with Gasteiger partial charge in [-0.15, -0.1) is 0 Å². The Morgan fingerprint density at radius 3 is 1.88 bits per heavy atom. The lowest BCUT2D eigenvalue weighted by atomic mass is 10.0. The first-order valence-corrected chi connectivity index (χ1v) is 8.24. The van der Waals surface area contributed by atoms with Crippen LogP contribution in [0.5, 0.6) is 0 Å². The van der Waals surface area contributed by atoms with Crippen LogP contribution in [0, 0.1) is 11.6 Å². The first kappa shape index (κ1) is 18.5. The first-order chi connectivity index (χ1) is 11.7. The second-order valence-corrected chi connectivity index (χ2v) is 5.60. The van der Waals surface area contributed by atoms with Gasteiger partial charge in [-0.05, 0) is 61.3 Å². The van der Waals surface area contributed by atoms with E-state index in [1.54, 1.807) is 24.3 Å². The highest BCUT2D eigenvalue weighted by Crippen LogP contribution is 2.26. The Bertz CT molecular complexity index is 542. The lowest BCUT2D eigenvalue weighted by Gasteiger charge is -2.19. The zero-order valence-corrected chi connectivity index (χ0v) is 13.7. The zero-order valence-electron chi connectivity index (χ0n) is 13.7. The van der Waals surface area contributed by atoms with E-state index in [4.69, 9.17) is 10.5 Å². The number of rotatable bonds is 10. The molecular formula is C19H24F2N2O. The van der Waals surface area contributed by atoms with Gasteiger partial charge in [0.25, 0.3) is 0 Å². The van der Waals surface area contributed by atoms with E-state index in [0.717, 1.165) is 30.5 Å². The molecule has 0 bridgehead atoms. The van der Waals surface area contributed by atoms with E-state index in [2.05, 4.69) is 5.32 Å². The molecule has 0 atom stereocenters. The molecule has 130 valence electrons. The van der Waals surface area contributed by atoms with Gasteiger partial charge in [-0.1, -0.05) is 24.3 Å². The van der Waals surface area contributed by atoms with E-state index in [1.165, 1.54) is 24.3 Å². The van der Waals surface area contributed by atoms with Crippen molar-refractivity contribution in [3.8, 4) is 0 Å². The van der Waals surface area contributed by atoms with Crippen LogP contribution in [0.1, 0.15) is 30.1 Å². The van der Waals surface area contributed by atoms with Crippen molar-refractivity contribution in [3.63, 3.8) is 0 Å². The van der Waals surface area contributed by atoms with Crippen LogP contribution >= 0.6 is 0 Å². The van der Waals surface area contributed by atoms with Gasteiger partial charge in [0.1, 0.15) is 17.7 Å². The van der Waals surface area contributed by atoms with Crippen LogP contribution in [0.25, 0.3) is 0 Å². The molecule has 0 saturated heterocycles. The van der Waals surface area contributed by atoms with E-state index in [1.807, 2.05) is 0 Å². The largest absolute Gasteiger partial charge is 0.367 e. The van der Waals surface area contributed by atoms with E-state index in [0.29, 0.717) is 19.7 Å². The molecule has 0 aromatic heterocycles. The van der Waals surface area contributed by atoms with Gasteiger partial charge in [0.15, 0.2) is 0 Å². The number of nitrogens with two attached hydrogens (primary N) is 1. The van der Waals surface area contributed by atoms with Crippen molar-refractivity contribution in [1.82, 2.24) is 5.32 Å². The minimum atomic E-state index is -0.350. The average molecular weight is 334 g/mol. The minimum Gasteiger partial charge on any atom is -0.367 e. The number of hydrogen-bond donors (Lipinski definition) is 2. The van der Waals surface area contributed by atoms with Crippen molar-refractivity contribution in [1.29, 1.82) is 0 Å². The van der Waals surface area contributed by atoms with Crippen molar-refractivity contribution < 1.29 is 13.5 Å². The van der Waals surface area contributed by atoms with Gasteiger partial charge in [0.2, 0.25) is 0 Å². The van der Waals surface area contributed by atoms with Crippen molar-refractivity contribution in [2.45, 2.75) is 18.9 Å². The summed E-state index contributed by atoms with van der Waals surface area (Å²) in [5, 5.41) is 3.30. The van der Waals surface area contributed by atoms with Crippen molar-refractivity contribution in [2.24, 2.45) is 5.73 Å². The fourth-order valence-corrected chi connectivity index (χ4v) is 2.43. The Morgan fingerprint density at radius 1 is 0.833 bits per heavy atom. The van der Waals surface area contributed by atoms with Gasteiger partial charge in [-0.25, -0.2) is 8.78 Å². The number of ether oxygens (including phenoxy) is 1. The van der Waals surface area contributed by atoms with Crippen molar-refractivity contribution in [2.75, 3.05) is 26.2 Å². The molecule has 24 heavy (non-hydrogen) atoms. The summed E-state index contributed by atoms with van der Waals surface area (Å²) in [5.41, 5.74) is 7.13. The molecule has 0 fully saturated rings. The lowest BCUT2D eigenvalue weighted by Crippen LogP contribution is -2.22. The summed E-state index contributed by atoms with van der Waals surface area (Å²) in [6, 6.07) is 12.4.